The number of hydrogen-bond donors (Lipinski definition) is 1. The maximum absolute atomic E-state index is 12.1. The van der Waals surface area contributed by atoms with Crippen molar-refractivity contribution in [2.45, 2.75) is 24.8 Å². The van der Waals surface area contributed by atoms with E-state index in [1.54, 1.807) is 10.9 Å². The van der Waals surface area contributed by atoms with E-state index in [-0.39, 0.29) is 16.1 Å². The highest BCUT2D eigenvalue weighted by molar-refractivity contribution is 7.92. The van der Waals surface area contributed by atoms with Gasteiger partial charge < -0.3 is 0 Å². The van der Waals surface area contributed by atoms with Crippen molar-refractivity contribution in [3.63, 3.8) is 0 Å². The molecule has 0 unspecified atom stereocenters. The number of rotatable bonds is 4. The Bertz CT molecular complexity index is 664. The van der Waals surface area contributed by atoms with Gasteiger partial charge in [0.15, 0.2) is 0 Å². The molecule has 102 valence electrons. The van der Waals surface area contributed by atoms with Gasteiger partial charge in [0.1, 0.15) is 10.0 Å². The Morgan fingerprint density at radius 2 is 2.05 bits per heavy atom. The third kappa shape index (κ3) is 3.24. The van der Waals surface area contributed by atoms with Crippen LogP contribution in [0.15, 0.2) is 35.6 Å². The minimum Gasteiger partial charge on any atom is -0.276 e. The first-order chi connectivity index (χ1) is 8.88. The first-order valence-corrected chi connectivity index (χ1v) is 7.43. The first kappa shape index (κ1) is 13.8. The lowest BCUT2D eigenvalue weighted by molar-refractivity contribution is 0.532. The van der Waals surface area contributed by atoms with Crippen molar-refractivity contribution in [3.05, 3.63) is 35.9 Å². The molecule has 0 aromatic carbocycles. The van der Waals surface area contributed by atoms with E-state index in [4.69, 9.17) is 11.6 Å². The number of hydrogen-bond acceptors (Lipinski definition) is 4. The molecule has 0 aliphatic carbocycles. The van der Waals surface area contributed by atoms with Crippen molar-refractivity contribution in [3.8, 4) is 0 Å². The number of anilines is 1. The molecule has 0 saturated carbocycles. The molecule has 0 saturated heterocycles. The van der Waals surface area contributed by atoms with Crippen LogP contribution in [-0.4, -0.2) is 23.2 Å². The molecule has 0 aliphatic rings. The lowest BCUT2D eigenvalue weighted by Gasteiger charge is -2.06. The monoisotopic (exact) mass is 300 g/mol. The number of halogens is 1. The Balaban J connectivity index is 2.23. The van der Waals surface area contributed by atoms with E-state index in [1.165, 1.54) is 24.5 Å². The molecule has 1 N–H and O–H groups in total. The highest BCUT2D eigenvalue weighted by Crippen LogP contribution is 2.17. The molecule has 0 bridgehead atoms. The van der Waals surface area contributed by atoms with Gasteiger partial charge in [-0.3, -0.25) is 9.40 Å². The van der Waals surface area contributed by atoms with Crippen molar-refractivity contribution >= 4 is 27.3 Å². The lowest BCUT2D eigenvalue weighted by atomic mass is 10.4. The smallest absolute Gasteiger partial charge is 0.263 e. The molecule has 0 radical (unpaired) electrons. The van der Waals surface area contributed by atoms with Crippen LogP contribution in [0.1, 0.15) is 19.9 Å². The largest absolute Gasteiger partial charge is 0.276 e. The standard InChI is InChI=1S/C11H13ClN4O2S/c1-8(2)16-7-9(5-14-16)15-19(17,18)10-3-4-11(12)13-6-10/h3-8,15H,1-2H3. The van der Waals surface area contributed by atoms with E-state index in [2.05, 4.69) is 14.8 Å². The second-order valence-electron chi connectivity index (χ2n) is 4.22. The summed E-state index contributed by atoms with van der Waals surface area (Å²) in [7, 11) is -3.67. The van der Waals surface area contributed by atoms with Crippen LogP contribution < -0.4 is 4.72 Å². The normalized spacial score (nSPS) is 11.8. The maximum atomic E-state index is 12.1. The topological polar surface area (TPSA) is 76.9 Å². The first-order valence-electron chi connectivity index (χ1n) is 5.57. The summed E-state index contributed by atoms with van der Waals surface area (Å²) in [6, 6.07) is 2.98. The predicted molar refractivity (Wildman–Crippen MR) is 72.7 cm³/mol. The third-order valence-corrected chi connectivity index (χ3v) is 3.98. The van der Waals surface area contributed by atoms with Crippen molar-refractivity contribution in [2.24, 2.45) is 0 Å². The third-order valence-electron chi connectivity index (χ3n) is 2.39. The fraction of sp³-hybridized carbons (Fsp3) is 0.273. The molecule has 0 aliphatic heterocycles. The van der Waals surface area contributed by atoms with Crippen LogP contribution in [0.4, 0.5) is 5.69 Å². The summed E-state index contributed by atoms with van der Waals surface area (Å²) in [5.74, 6) is 0. The Morgan fingerprint density at radius 3 is 2.58 bits per heavy atom. The van der Waals surface area contributed by atoms with Gasteiger partial charge in [0.2, 0.25) is 0 Å². The van der Waals surface area contributed by atoms with Gasteiger partial charge in [0.25, 0.3) is 10.0 Å². The van der Waals surface area contributed by atoms with Crippen LogP contribution in [-0.2, 0) is 10.0 Å². The number of aromatic nitrogens is 3. The molecule has 2 heterocycles. The van der Waals surface area contributed by atoms with Crippen LogP contribution in [0.2, 0.25) is 5.15 Å². The summed E-state index contributed by atoms with van der Waals surface area (Å²) < 4.78 is 28.2. The summed E-state index contributed by atoms with van der Waals surface area (Å²) in [6.07, 6.45) is 4.30. The van der Waals surface area contributed by atoms with Gasteiger partial charge in [0, 0.05) is 18.4 Å². The zero-order valence-corrected chi connectivity index (χ0v) is 12.0. The zero-order valence-electron chi connectivity index (χ0n) is 10.4. The SMILES string of the molecule is CC(C)n1cc(NS(=O)(=O)c2ccc(Cl)nc2)cn1. The number of nitrogens with one attached hydrogen (secondary N) is 1. The Kier molecular flexibility index (Phi) is 3.77. The fourth-order valence-electron chi connectivity index (χ4n) is 1.41. The van der Waals surface area contributed by atoms with Crippen LogP contribution in [0.25, 0.3) is 0 Å². The van der Waals surface area contributed by atoms with Crippen LogP contribution in [0.3, 0.4) is 0 Å². The van der Waals surface area contributed by atoms with Crippen molar-refractivity contribution < 1.29 is 8.42 Å². The highest BCUT2D eigenvalue weighted by atomic mass is 35.5. The van der Waals surface area contributed by atoms with Crippen molar-refractivity contribution in [1.29, 1.82) is 0 Å². The molecule has 8 heteroatoms. The van der Waals surface area contributed by atoms with Gasteiger partial charge in [0.05, 0.1) is 11.9 Å². The van der Waals surface area contributed by atoms with Gasteiger partial charge in [-0.05, 0) is 26.0 Å². The minimum absolute atomic E-state index is 0.0502. The molecule has 0 atom stereocenters. The molecule has 2 aromatic heterocycles. The molecular formula is C11H13ClN4O2S. The highest BCUT2D eigenvalue weighted by Gasteiger charge is 2.15. The number of sulfonamides is 1. The van der Waals surface area contributed by atoms with E-state index in [0.29, 0.717) is 5.69 Å². The van der Waals surface area contributed by atoms with Crippen LogP contribution in [0.5, 0.6) is 0 Å². The van der Waals surface area contributed by atoms with Crippen molar-refractivity contribution in [1.82, 2.24) is 14.8 Å². The van der Waals surface area contributed by atoms with Gasteiger partial charge >= 0.3 is 0 Å². The second kappa shape index (κ2) is 5.18. The predicted octanol–water partition coefficient (Wildman–Crippen LogP) is 2.31. The summed E-state index contributed by atoms with van der Waals surface area (Å²) in [4.78, 5) is 3.80. The van der Waals surface area contributed by atoms with E-state index in [0.717, 1.165) is 0 Å². The van der Waals surface area contributed by atoms with Gasteiger partial charge in [-0.2, -0.15) is 5.10 Å². The van der Waals surface area contributed by atoms with E-state index in [9.17, 15) is 8.42 Å². The molecule has 6 nitrogen and oxygen atoms in total. The van der Waals surface area contributed by atoms with E-state index < -0.39 is 10.0 Å². The molecule has 2 aromatic rings. The fourth-order valence-corrected chi connectivity index (χ4v) is 2.49. The maximum Gasteiger partial charge on any atom is 0.263 e. The Morgan fingerprint density at radius 1 is 1.32 bits per heavy atom. The molecule has 19 heavy (non-hydrogen) atoms. The average molecular weight is 301 g/mol. The molecule has 0 amide bonds. The molecule has 0 spiro atoms. The Hall–Kier alpha value is -1.60. The Labute approximate surface area is 116 Å². The summed E-state index contributed by atoms with van der Waals surface area (Å²) in [6.45, 7) is 3.91. The van der Waals surface area contributed by atoms with Crippen molar-refractivity contribution in [2.75, 3.05) is 4.72 Å². The summed E-state index contributed by atoms with van der Waals surface area (Å²) in [5, 5.41) is 4.30. The lowest BCUT2D eigenvalue weighted by Crippen LogP contribution is -2.12. The van der Waals surface area contributed by atoms with E-state index in [1.807, 2.05) is 13.8 Å². The van der Waals surface area contributed by atoms with Crippen LogP contribution in [0, 0.1) is 0 Å². The molecular weight excluding hydrogens is 288 g/mol. The second-order valence-corrected chi connectivity index (χ2v) is 6.29. The zero-order chi connectivity index (χ0) is 14.0. The van der Waals surface area contributed by atoms with Gasteiger partial charge in [-0.15, -0.1) is 0 Å². The quantitative estimate of drug-likeness (QED) is 0.879. The number of pyridine rings is 1. The van der Waals surface area contributed by atoms with Crippen LogP contribution >= 0.6 is 11.6 Å². The summed E-state index contributed by atoms with van der Waals surface area (Å²) >= 11 is 5.62. The average Bonchev–Trinajstić information content (AvgIpc) is 2.77. The minimum atomic E-state index is -3.67. The molecule has 0 fully saturated rings. The molecule has 2 rings (SSSR count). The number of nitrogens with zero attached hydrogens (tertiary/aromatic N) is 3. The summed E-state index contributed by atoms with van der Waals surface area (Å²) in [5.41, 5.74) is 0.406. The van der Waals surface area contributed by atoms with Gasteiger partial charge in [-0.1, -0.05) is 11.6 Å². The van der Waals surface area contributed by atoms with E-state index >= 15 is 0 Å². The van der Waals surface area contributed by atoms with Gasteiger partial charge in [-0.25, -0.2) is 13.4 Å².